The highest BCUT2D eigenvalue weighted by atomic mass is 31.2. The van der Waals surface area contributed by atoms with E-state index in [1.165, 1.54) is 167 Å². The third-order valence-electron chi connectivity index (χ3n) is 9.68. The van der Waals surface area contributed by atoms with E-state index in [-0.39, 0.29) is 32.3 Å². The molecule has 0 spiro atoms. The van der Waals surface area contributed by atoms with Gasteiger partial charge in [-0.2, -0.15) is 0 Å². The molecular weight excluding hydrogens is 673 g/mol. The average Bonchev–Trinajstić information content (AvgIpc) is 3.13. The minimum atomic E-state index is -4.27. The maximum Gasteiger partial charge on any atom is 0.472 e. The maximum atomic E-state index is 12.6. The fourth-order valence-electron chi connectivity index (χ4n) is 6.40. The molecular formula is C43H86NO7P. The van der Waals surface area contributed by atoms with Gasteiger partial charge in [-0.25, -0.2) is 4.57 Å². The highest BCUT2D eigenvalue weighted by Gasteiger charge is 2.25. The molecule has 0 bridgehead atoms. The van der Waals surface area contributed by atoms with E-state index in [9.17, 15) is 14.3 Å². The van der Waals surface area contributed by atoms with Gasteiger partial charge in [-0.3, -0.25) is 13.8 Å². The van der Waals surface area contributed by atoms with Crippen molar-refractivity contribution in [3.05, 3.63) is 12.2 Å². The number of unbranched alkanes of at least 4 members (excludes halogenated alkanes) is 28. The molecule has 8 nitrogen and oxygen atoms in total. The van der Waals surface area contributed by atoms with Crippen molar-refractivity contribution in [3.63, 3.8) is 0 Å². The van der Waals surface area contributed by atoms with Gasteiger partial charge in [0.15, 0.2) is 0 Å². The molecule has 2 unspecified atom stereocenters. The molecule has 0 fully saturated rings. The summed E-state index contributed by atoms with van der Waals surface area (Å²) in [6.07, 6.45) is 43.7. The number of esters is 1. The van der Waals surface area contributed by atoms with Crippen molar-refractivity contribution in [1.29, 1.82) is 0 Å². The maximum absolute atomic E-state index is 12.6. The van der Waals surface area contributed by atoms with Crippen LogP contribution in [-0.4, -0.2) is 49.9 Å². The predicted molar refractivity (Wildman–Crippen MR) is 220 cm³/mol. The Hall–Kier alpha value is -0.760. The van der Waals surface area contributed by atoms with Crippen molar-refractivity contribution in [1.82, 2.24) is 0 Å². The third kappa shape index (κ3) is 40.4. The fourth-order valence-corrected chi connectivity index (χ4v) is 7.17. The predicted octanol–water partition coefficient (Wildman–Crippen LogP) is 13.1. The normalized spacial score (nSPS) is 13.5. The second kappa shape index (κ2) is 41.4. The van der Waals surface area contributed by atoms with Gasteiger partial charge in [0, 0.05) is 19.6 Å². The number of hydrogen-bond donors (Lipinski definition) is 2. The van der Waals surface area contributed by atoms with Crippen LogP contribution in [0, 0.1) is 0 Å². The van der Waals surface area contributed by atoms with E-state index >= 15 is 0 Å². The summed E-state index contributed by atoms with van der Waals surface area (Å²) in [5.41, 5.74) is 5.37. The standard InChI is InChI=1S/C43H86NO7P/c1-3-5-7-9-11-13-15-17-19-20-21-22-24-26-28-30-32-34-36-43(45)51-42(41-50-52(46,47)49-39-37-44)40-48-38-35-33-31-29-27-25-23-18-16-14-12-10-8-6-4-2/h16,18,42H,3-15,17,19-41,44H2,1-2H3,(H,46,47)/b18-16-. The van der Waals surface area contributed by atoms with Gasteiger partial charge in [0.2, 0.25) is 0 Å². The zero-order valence-electron chi connectivity index (χ0n) is 34.3. The Balaban J connectivity index is 3.98. The summed E-state index contributed by atoms with van der Waals surface area (Å²) in [4.78, 5) is 22.5. The van der Waals surface area contributed by atoms with E-state index in [1.54, 1.807) is 0 Å². The lowest BCUT2D eigenvalue weighted by atomic mass is 10.0. The van der Waals surface area contributed by atoms with Crippen molar-refractivity contribution in [2.45, 2.75) is 225 Å². The molecule has 0 aromatic heterocycles. The first-order chi connectivity index (χ1) is 25.4. The summed E-state index contributed by atoms with van der Waals surface area (Å²) in [5, 5.41) is 0. The van der Waals surface area contributed by atoms with Crippen LogP contribution in [-0.2, 0) is 27.9 Å². The zero-order chi connectivity index (χ0) is 38.1. The number of phosphoric ester groups is 1. The van der Waals surface area contributed by atoms with Crippen molar-refractivity contribution in [2.75, 3.05) is 33.0 Å². The van der Waals surface area contributed by atoms with Crippen LogP contribution in [0.3, 0.4) is 0 Å². The first kappa shape index (κ1) is 51.2. The van der Waals surface area contributed by atoms with Gasteiger partial charge < -0.3 is 20.1 Å². The van der Waals surface area contributed by atoms with Crippen LogP contribution in [0.5, 0.6) is 0 Å². The molecule has 0 rings (SSSR count). The van der Waals surface area contributed by atoms with Gasteiger partial charge >= 0.3 is 13.8 Å². The molecule has 0 amide bonds. The second-order valence-electron chi connectivity index (χ2n) is 14.9. The molecule has 0 heterocycles. The largest absolute Gasteiger partial charge is 0.472 e. The zero-order valence-corrected chi connectivity index (χ0v) is 35.2. The summed E-state index contributed by atoms with van der Waals surface area (Å²) in [6.45, 7) is 4.94. The van der Waals surface area contributed by atoms with Crippen molar-refractivity contribution >= 4 is 13.8 Å². The number of phosphoric acid groups is 1. The summed E-state index contributed by atoms with van der Waals surface area (Å²) >= 11 is 0. The lowest BCUT2D eigenvalue weighted by molar-refractivity contribution is -0.154. The minimum Gasteiger partial charge on any atom is -0.457 e. The highest BCUT2D eigenvalue weighted by molar-refractivity contribution is 7.47. The molecule has 2 atom stereocenters. The van der Waals surface area contributed by atoms with Crippen LogP contribution in [0.25, 0.3) is 0 Å². The van der Waals surface area contributed by atoms with E-state index in [0.717, 1.165) is 32.1 Å². The Morgan fingerprint density at radius 2 is 0.962 bits per heavy atom. The second-order valence-corrected chi connectivity index (χ2v) is 16.4. The van der Waals surface area contributed by atoms with Gasteiger partial charge in [-0.15, -0.1) is 0 Å². The number of rotatable bonds is 43. The number of allylic oxidation sites excluding steroid dienone is 2. The van der Waals surface area contributed by atoms with E-state index in [1.807, 2.05) is 0 Å². The van der Waals surface area contributed by atoms with Crippen LogP contribution < -0.4 is 5.73 Å². The van der Waals surface area contributed by atoms with E-state index in [2.05, 4.69) is 26.0 Å². The molecule has 0 saturated heterocycles. The summed E-state index contributed by atoms with van der Waals surface area (Å²) in [6, 6.07) is 0. The number of nitrogens with two attached hydrogens (primary N) is 1. The van der Waals surface area contributed by atoms with Gasteiger partial charge in [0.25, 0.3) is 0 Å². The van der Waals surface area contributed by atoms with Gasteiger partial charge in [-0.1, -0.05) is 187 Å². The SMILES string of the molecule is CCCCCCC/C=C\CCCCCCCCOCC(COP(=O)(O)OCCN)OC(=O)CCCCCCCCCCCCCCCCCCCC. The monoisotopic (exact) mass is 760 g/mol. The molecule has 0 radical (unpaired) electrons. The molecule has 9 heteroatoms. The smallest absolute Gasteiger partial charge is 0.457 e. The lowest BCUT2D eigenvalue weighted by Gasteiger charge is -2.20. The number of ether oxygens (including phenoxy) is 2. The summed E-state index contributed by atoms with van der Waals surface area (Å²) in [5.74, 6) is -0.328. The van der Waals surface area contributed by atoms with Gasteiger partial charge in [-0.05, 0) is 38.5 Å². The Bertz CT molecular complexity index is 812. The lowest BCUT2D eigenvalue weighted by Crippen LogP contribution is -2.28. The summed E-state index contributed by atoms with van der Waals surface area (Å²) < 4.78 is 33.4. The average molecular weight is 760 g/mol. The topological polar surface area (TPSA) is 117 Å². The Morgan fingerprint density at radius 3 is 1.40 bits per heavy atom. The molecule has 0 aromatic rings. The number of carbonyl (C=O) groups is 1. The fraction of sp³-hybridized carbons (Fsp3) is 0.930. The molecule has 310 valence electrons. The quantitative estimate of drug-likeness (QED) is 0.0273. The van der Waals surface area contributed by atoms with Crippen LogP contribution in [0.2, 0.25) is 0 Å². The van der Waals surface area contributed by atoms with Crippen molar-refractivity contribution < 1.29 is 32.8 Å². The molecule has 0 aromatic carbocycles. The molecule has 0 aliphatic heterocycles. The number of carbonyl (C=O) groups excluding carboxylic acids is 1. The highest BCUT2D eigenvalue weighted by Crippen LogP contribution is 2.43. The Morgan fingerprint density at radius 1 is 0.558 bits per heavy atom. The minimum absolute atomic E-state index is 0.0933. The Labute approximate surface area is 322 Å². The molecule has 0 aliphatic rings. The van der Waals surface area contributed by atoms with E-state index in [0.29, 0.717) is 13.0 Å². The van der Waals surface area contributed by atoms with Crippen LogP contribution >= 0.6 is 7.82 Å². The molecule has 52 heavy (non-hydrogen) atoms. The van der Waals surface area contributed by atoms with Gasteiger partial charge in [0.05, 0.1) is 19.8 Å². The molecule has 0 aliphatic carbocycles. The van der Waals surface area contributed by atoms with Crippen LogP contribution in [0.1, 0.15) is 219 Å². The van der Waals surface area contributed by atoms with Crippen molar-refractivity contribution in [2.24, 2.45) is 5.73 Å². The first-order valence-corrected chi connectivity index (χ1v) is 23.7. The molecule has 0 saturated carbocycles. The van der Waals surface area contributed by atoms with Crippen molar-refractivity contribution in [3.8, 4) is 0 Å². The summed E-state index contributed by atoms with van der Waals surface area (Å²) in [7, 11) is -4.27. The van der Waals surface area contributed by atoms with Crippen LogP contribution in [0.4, 0.5) is 0 Å². The number of hydrogen-bond acceptors (Lipinski definition) is 7. The Kier molecular flexibility index (Phi) is 40.8. The van der Waals surface area contributed by atoms with E-state index < -0.39 is 13.9 Å². The first-order valence-electron chi connectivity index (χ1n) is 22.2. The van der Waals surface area contributed by atoms with Crippen LogP contribution in [0.15, 0.2) is 12.2 Å². The molecule has 3 N–H and O–H groups in total. The third-order valence-corrected chi connectivity index (χ3v) is 10.7. The van der Waals surface area contributed by atoms with Gasteiger partial charge in [0.1, 0.15) is 6.10 Å². The van der Waals surface area contributed by atoms with E-state index in [4.69, 9.17) is 24.3 Å².